The minimum atomic E-state index is -1.22. The van der Waals surface area contributed by atoms with Crippen LogP contribution in [-0.4, -0.2) is 142 Å². The number of rotatable bonds is 38. The molecular weight excluding hydrogens is 973 g/mol. The van der Waals surface area contributed by atoms with Gasteiger partial charge in [0.25, 0.3) is 5.91 Å². The number of aryl methyl sites for hydroxylation is 1. The third kappa shape index (κ3) is 18.1. The van der Waals surface area contributed by atoms with Crippen molar-refractivity contribution in [1.82, 2.24) is 10.6 Å². The van der Waals surface area contributed by atoms with E-state index in [-0.39, 0.29) is 30.5 Å². The van der Waals surface area contributed by atoms with Gasteiger partial charge in [-0.05, 0) is 90.1 Å². The van der Waals surface area contributed by atoms with Gasteiger partial charge in [0.05, 0.1) is 111 Å². The summed E-state index contributed by atoms with van der Waals surface area (Å²) in [7, 11) is 0. The molecule has 2 heterocycles. The van der Waals surface area contributed by atoms with Crippen LogP contribution in [0.15, 0.2) is 78.9 Å². The van der Waals surface area contributed by atoms with E-state index >= 15 is 0 Å². The van der Waals surface area contributed by atoms with Crippen LogP contribution in [0, 0.1) is 11.8 Å². The van der Waals surface area contributed by atoms with Crippen molar-refractivity contribution in [1.29, 1.82) is 0 Å². The molecule has 2 aliphatic rings. The van der Waals surface area contributed by atoms with E-state index in [2.05, 4.69) is 69.5 Å². The van der Waals surface area contributed by atoms with E-state index in [0.717, 1.165) is 42.4 Å². The molecule has 0 aromatic heterocycles. The molecule has 4 unspecified atom stereocenters. The van der Waals surface area contributed by atoms with Crippen molar-refractivity contribution >= 4 is 17.8 Å². The summed E-state index contributed by atoms with van der Waals surface area (Å²) in [5, 5.41) is 15.1. The third-order valence-electron chi connectivity index (χ3n) is 14.1. The lowest BCUT2D eigenvalue weighted by molar-refractivity contribution is -0.122. The Bertz CT molecular complexity index is 2400. The number of phenols is 1. The van der Waals surface area contributed by atoms with E-state index in [1.54, 1.807) is 24.3 Å². The van der Waals surface area contributed by atoms with Crippen LogP contribution >= 0.6 is 0 Å². The average molecular weight is 1060 g/mol. The van der Waals surface area contributed by atoms with Crippen molar-refractivity contribution in [3.63, 3.8) is 0 Å². The first-order chi connectivity index (χ1) is 37.0. The van der Waals surface area contributed by atoms with Crippen molar-refractivity contribution in [3.05, 3.63) is 123 Å². The second-order valence-corrected chi connectivity index (χ2v) is 19.4. The van der Waals surface area contributed by atoms with E-state index in [0.29, 0.717) is 165 Å². The topological polar surface area (TPSA) is 188 Å². The van der Waals surface area contributed by atoms with Crippen LogP contribution in [-0.2, 0) is 65.9 Å². The zero-order chi connectivity index (χ0) is 54.0. The minimum Gasteiger partial charge on any atom is -0.508 e. The van der Waals surface area contributed by atoms with Crippen molar-refractivity contribution in [2.24, 2.45) is 11.8 Å². The number of benzene rings is 4. The Balaban J connectivity index is 0.766. The van der Waals surface area contributed by atoms with Gasteiger partial charge in [0.2, 0.25) is 5.91 Å². The number of carbonyl (C=O) groups is 3. The zero-order valence-electron chi connectivity index (χ0n) is 45.5. The van der Waals surface area contributed by atoms with Crippen molar-refractivity contribution < 1.29 is 66.9 Å². The lowest BCUT2D eigenvalue weighted by Gasteiger charge is -2.37. The molecule has 0 radical (unpaired) electrons. The number of ether oxygens (including phenoxy) is 10. The molecule has 6 rings (SSSR count). The molecule has 4 aromatic carbocycles. The monoisotopic (exact) mass is 1050 g/mol. The molecule has 1 spiro atoms. The number of carbonyl (C=O) groups excluding carboxylic acids is 3. The highest BCUT2D eigenvalue weighted by Crippen LogP contribution is 2.57. The molecule has 76 heavy (non-hydrogen) atoms. The molecule has 416 valence electrons. The first-order valence-corrected chi connectivity index (χ1v) is 27.3. The van der Waals surface area contributed by atoms with Gasteiger partial charge in [0, 0.05) is 41.8 Å². The van der Waals surface area contributed by atoms with E-state index in [1.165, 1.54) is 11.1 Å². The van der Waals surface area contributed by atoms with Crippen LogP contribution in [0.1, 0.15) is 120 Å². The molecule has 0 saturated heterocycles. The molecule has 0 fully saturated rings. The maximum Gasteiger partial charge on any atom is 0.340 e. The summed E-state index contributed by atoms with van der Waals surface area (Å²) in [6.45, 7) is 18.6. The van der Waals surface area contributed by atoms with Crippen molar-refractivity contribution in [2.75, 3.05) is 119 Å². The van der Waals surface area contributed by atoms with Crippen LogP contribution in [0.25, 0.3) is 0 Å². The van der Waals surface area contributed by atoms with Crippen LogP contribution in [0.3, 0.4) is 0 Å². The quantitative estimate of drug-likeness (QED) is 0.0286. The Labute approximate surface area is 449 Å². The molecule has 0 saturated carbocycles. The van der Waals surface area contributed by atoms with E-state index < -0.39 is 11.6 Å². The molecular formula is C60H82N2O14. The highest BCUT2D eigenvalue weighted by atomic mass is 16.6. The highest BCUT2D eigenvalue weighted by molar-refractivity contribution is 6.01. The fourth-order valence-electron chi connectivity index (χ4n) is 8.91. The summed E-state index contributed by atoms with van der Waals surface area (Å²) in [4.78, 5) is 39.2. The smallest absolute Gasteiger partial charge is 0.340 e. The van der Waals surface area contributed by atoms with Crippen molar-refractivity contribution in [3.8, 4) is 17.2 Å². The number of hydrogen-bond donors (Lipinski definition) is 3. The predicted molar refractivity (Wildman–Crippen MR) is 289 cm³/mol. The second kappa shape index (κ2) is 32.3. The summed E-state index contributed by atoms with van der Waals surface area (Å²) in [6.07, 6.45) is 5.16. The Kier molecular flexibility index (Phi) is 25.5. The van der Waals surface area contributed by atoms with Gasteiger partial charge in [-0.1, -0.05) is 89.9 Å². The second-order valence-electron chi connectivity index (χ2n) is 19.4. The van der Waals surface area contributed by atoms with Gasteiger partial charge in [0.15, 0.2) is 5.60 Å². The number of amides is 2. The van der Waals surface area contributed by atoms with E-state index in [4.69, 9.17) is 47.4 Å². The van der Waals surface area contributed by atoms with Crippen LogP contribution in [0.2, 0.25) is 0 Å². The summed E-state index contributed by atoms with van der Waals surface area (Å²) in [5.74, 6) is 2.13. The van der Waals surface area contributed by atoms with Gasteiger partial charge >= 0.3 is 5.97 Å². The van der Waals surface area contributed by atoms with Crippen molar-refractivity contribution in [2.45, 2.75) is 84.7 Å². The number of esters is 1. The number of aromatic hydroxyl groups is 1. The molecule has 16 nitrogen and oxygen atoms in total. The van der Waals surface area contributed by atoms with Gasteiger partial charge < -0.3 is 63.1 Å². The zero-order valence-corrected chi connectivity index (χ0v) is 45.5. The molecule has 0 aliphatic carbocycles. The minimum absolute atomic E-state index is 0.0652. The Hall–Kier alpha value is -5.43. The summed E-state index contributed by atoms with van der Waals surface area (Å²) >= 11 is 0. The predicted octanol–water partition coefficient (Wildman–Crippen LogP) is 8.70. The normalized spacial score (nSPS) is 15.6. The summed E-state index contributed by atoms with van der Waals surface area (Å²) < 4.78 is 57.6. The van der Waals surface area contributed by atoms with E-state index in [9.17, 15) is 19.5 Å². The van der Waals surface area contributed by atoms with Gasteiger partial charge in [-0.3, -0.25) is 9.59 Å². The number of hydrogen-bond acceptors (Lipinski definition) is 14. The Morgan fingerprint density at radius 2 is 1.09 bits per heavy atom. The largest absolute Gasteiger partial charge is 0.508 e. The number of phenolic OH excluding ortho intramolecular Hbond substituents is 1. The molecule has 2 aliphatic heterocycles. The first-order valence-electron chi connectivity index (χ1n) is 27.3. The molecule has 3 N–H and O–H groups in total. The molecule has 16 heteroatoms. The fraction of sp³-hybridized carbons (Fsp3) is 0.550. The lowest BCUT2D eigenvalue weighted by Crippen LogP contribution is -2.33. The van der Waals surface area contributed by atoms with Crippen LogP contribution in [0.4, 0.5) is 0 Å². The Morgan fingerprint density at radius 1 is 0.566 bits per heavy atom. The van der Waals surface area contributed by atoms with Gasteiger partial charge in [-0.2, -0.15) is 0 Å². The molecule has 4 atom stereocenters. The Morgan fingerprint density at radius 3 is 1.67 bits per heavy atom. The third-order valence-corrected chi connectivity index (χ3v) is 14.1. The average Bonchev–Trinajstić information content (AvgIpc) is 3.77. The van der Waals surface area contributed by atoms with Gasteiger partial charge in [-0.25, -0.2) is 4.79 Å². The van der Waals surface area contributed by atoms with Crippen LogP contribution < -0.4 is 15.4 Å². The van der Waals surface area contributed by atoms with Crippen LogP contribution in [0.5, 0.6) is 17.2 Å². The highest BCUT2D eigenvalue weighted by Gasteiger charge is 2.54. The SMILES string of the molecule is CCC(C)CCc1ccc2c(c1)Oc1cc(C(C)C(C)CC)ccc1C21OC(=O)c2cc(C(=O)NCCOCCOCCOCCOCCOCCOCCOCCOCCC(=O)NCCc3ccc(O)cc3)ccc21. The lowest BCUT2D eigenvalue weighted by atomic mass is 9.76. The standard InChI is InChI=1S/C60H82N2O14/c1-6-43(3)8-9-47-12-17-53-55(40-47)75-56-42-48(45(5)44(4)7-2)13-19-54(56)60(53)52-18-14-49(41-51(52)59(66)76-60)58(65)62-23-25-68-27-29-70-31-33-72-35-37-74-39-38-73-36-34-71-32-30-69-28-26-67-24-21-57(64)61-22-20-46-10-15-50(63)16-11-46/h10-19,40-45,63H,6-9,20-39H2,1-5H3,(H,61,64)(H,62,65). The fourth-order valence-corrected chi connectivity index (χ4v) is 8.91. The maximum atomic E-state index is 13.9. The van der Waals surface area contributed by atoms with Gasteiger partial charge in [-0.15, -0.1) is 0 Å². The molecule has 4 aromatic rings. The van der Waals surface area contributed by atoms with E-state index in [1.807, 2.05) is 30.3 Å². The first kappa shape index (κ1) is 59.8. The summed E-state index contributed by atoms with van der Waals surface area (Å²) in [5.41, 5.74) is 5.12. The van der Waals surface area contributed by atoms with Gasteiger partial charge in [0.1, 0.15) is 17.2 Å². The number of fused-ring (bicyclic) bond motifs is 6. The summed E-state index contributed by atoms with van der Waals surface area (Å²) in [6, 6.07) is 24.7. The number of nitrogens with one attached hydrogen (secondary N) is 2. The molecule has 0 bridgehead atoms. The molecule has 2 amide bonds. The maximum absolute atomic E-state index is 13.9.